The summed E-state index contributed by atoms with van der Waals surface area (Å²) in [6.07, 6.45) is 5.63. The standard InChI is InChI=1S/C31H37FN8O2/c1-38-13-15-39(16-14-38)24-10-11-26(25(32)17-24)36-30-28(29(33)41)34-18-27(37-30)40-12-2-3-23(19-40)35-31(42)22-8-6-21(7-9-22)20-4-5-20/h6-11,17-18,20,23H,2-5,12-16,19H2,1H3,(H2,33,41)(H,35,42)(H,36,37)/t23-/m1/s1. The van der Waals surface area contributed by atoms with Gasteiger partial charge in [-0.1, -0.05) is 12.1 Å². The highest BCUT2D eigenvalue weighted by atomic mass is 19.1. The van der Waals surface area contributed by atoms with Crippen LogP contribution in [0.15, 0.2) is 48.7 Å². The Morgan fingerprint density at radius 1 is 0.976 bits per heavy atom. The highest BCUT2D eigenvalue weighted by molar-refractivity contribution is 5.96. The van der Waals surface area contributed by atoms with Gasteiger partial charge < -0.3 is 31.1 Å². The number of hydrogen-bond acceptors (Lipinski definition) is 8. The van der Waals surface area contributed by atoms with Crippen molar-refractivity contribution in [1.82, 2.24) is 20.2 Å². The topological polar surface area (TPSA) is 120 Å². The Bertz CT molecular complexity index is 1450. The lowest BCUT2D eigenvalue weighted by atomic mass is 10.0. The molecule has 10 nitrogen and oxygen atoms in total. The Hall–Kier alpha value is -4.25. The van der Waals surface area contributed by atoms with E-state index in [-0.39, 0.29) is 29.1 Å². The van der Waals surface area contributed by atoms with E-state index >= 15 is 4.39 Å². The molecule has 3 aromatic rings. The van der Waals surface area contributed by atoms with Crippen molar-refractivity contribution in [2.45, 2.75) is 37.6 Å². The first kappa shape index (κ1) is 27.9. The SMILES string of the molecule is CN1CCN(c2ccc(Nc3nc(N4CCC[C@@H](NC(=O)c5ccc(C6CC6)cc5)C4)cnc3C(N)=O)c(F)c2)CC1. The Kier molecular flexibility index (Phi) is 7.92. The minimum Gasteiger partial charge on any atom is -0.369 e. The van der Waals surface area contributed by atoms with E-state index in [4.69, 9.17) is 5.73 Å². The molecule has 3 aliphatic rings. The van der Waals surface area contributed by atoms with Crippen molar-refractivity contribution in [1.29, 1.82) is 0 Å². The number of hydrogen-bond donors (Lipinski definition) is 3. The number of piperazine rings is 1. The highest BCUT2D eigenvalue weighted by Crippen LogP contribution is 2.40. The molecular formula is C31H37FN8O2. The molecule has 6 rings (SSSR count). The second-order valence-corrected chi connectivity index (χ2v) is 11.5. The molecule has 1 aliphatic carbocycles. The number of halogens is 1. The molecule has 1 aromatic heterocycles. The van der Waals surface area contributed by atoms with Gasteiger partial charge in [0.1, 0.15) is 11.6 Å². The Morgan fingerprint density at radius 3 is 2.43 bits per heavy atom. The monoisotopic (exact) mass is 572 g/mol. The van der Waals surface area contributed by atoms with E-state index in [1.807, 2.05) is 35.2 Å². The van der Waals surface area contributed by atoms with Gasteiger partial charge in [0.25, 0.3) is 11.8 Å². The summed E-state index contributed by atoms with van der Waals surface area (Å²) in [4.78, 5) is 40.4. The number of nitrogens with two attached hydrogens (primary N) is 1. The van der Waals surface area contributed by atoms with E-state index in [2.05, 4.69) is 37.4 Å². The van der Waals surface area contributed by atoms with Crippen LogP contribution in [0.4, 0.5) is 27.4 Å². The average Bonchev–Trinajstić information content (AvgIpc) is 3.85. The number of nitrogens with one attached hydrogen (secondary N) is 2. The van der Waals surface area contributed by atoms with Gasteiger partial charge in [-0.15, -0.1) is 0 Å². The largest absolute Gasteiger partial charge is 0.369 e. The zero-order chi connectivity index (χ0) is 29.2. The summed E-state index contributed by atoms with van der Waals surface area (Å²) in [5, 5.41) is 6.10. The zero-order valence-corrected chi connectivity index (χ0v) is 23.9. The van der Waals surface area contributed by atoms with E-state index in [9.17, 15) is 9.59 Å². The molecule has 0 unspecified atom stereocenters. The fraction of sp³-hybridized carbons (Fsp3) is 0.419. The molecule has 4 N–H and O–H groups in total. The minimum absolute atomic E-state index is 0.0715. The smallest absolute Gasteiger partial charge is 0.271 e. The first-order valence-electron chi connectivity index (χ1n) is 14.7. The number of aromatic nitrogens is 2. The number of likely N-dealkylation sites (N-methyl/N-ethyl adjacent to an activating group) is 1. The summed E-state index contributed by atoms with van der Waals surface area (Å²) < 4.78 is 15.2. The maximum atomic E-state index is 15.2. The van der Waals surface area contributed by atoms with Crippen molar-refractivity contribution in [2.75, 3.05) is 61.4 Å². The van der Waals surface area contributed by atoms with E-state index in [0.29, 0.717) is 30.4 Å². The summed E-state index contributed by atoms with van der Waals surface area (Å²) in [6, 6.07) is 12.8. The summed E-state index contributed by atoms with van der Waals surface area (Å²) in [7, 11) is 2.07. The highest BCUT2D eigenvalue weighted by Gasteiger charge is 2.26. The third kappa shape index (κ3) is 6.30. The predicted molar refractivity (Wildman–Crippen MR) is 161 cm³/mol. The van der Waals surface area contributed by atoms with Crippen molar-refractivity contribution >= 4 is 34.8 Å². The van der Waals surface area contributed by atoms with Gasteiger partial charge in [0.05, 0.1) is 11.9 Å². The Balaban J connectivity index is 1.14. The third-order valence-corrected chi connectivity index (χ3v) is 8.37. The van der Waals surface area contributed by atoms with Gasteiger partial charge in [0.2, 0.25) is 0 Å². The number of anilines is 4. The van der Waals surface area contributed by atoms with Crippen LogP contribution in [0, 0.1) is 5.82 Å². The molecule has 42 heavy (non-hydrogen) atoms. The molecule has 220 valence electrons. The fourth-order valence-corrected chi connectivity index (χ4v) is 5.69. The Labute approximate surface area is 245 Å². The van der Waals surface area contributed by atoms with E-state index < -0.39 is 11.7 Å². The summed E-state index contributed by atoms with van der Waals surface area (Å²) >= 11 is 0. The average molecular weight is 573 g/mol. The van der Waals surface area contributed by atoms with Crippen molar-refractivity contribution in [3.05, 3.63) is 71.3 Å². The first-order valence-corrected chi connectivity index (χ1v) is 14.7. The summed E-state index contributed by atoms with van der Waals surface area (Å²) in [5.74, 6) is -0.0640. The first-order chi connectivity index (χ1) is 20.3. The van der Waals surface area contributed by atoms with Crippen LogP contribution >= 0.6 is 0 Å². The number of carbonyl (C=O) groups excluding carboxylic acids is 2. The van der Waals surface area contributed by atoms with Gasteiger partial charge in [0, 0.05) is 56.6 Å². The van der Waals surface area contributed by atoms with Gasteiger partial charge in [-0.25, -0.2) is 14.4 Å². The summed E-state index contributed by atoms with van der Waals surface area (Å²) in [6.45, 7) is 4.73. The van der Waals surface area contributed by atoms with Crippen LogP contribution in [0.1, 0.15) is 58.0 Å². The van der Waals surface area contributed by atoms with Gasteiger partial charge in [0.15, 0.2) is 11.5 Å². The number of nitrogens with zero attached hydrogens (tertiary/aromatic N) is 5. The lowest BCUT2D eigenvalue weighted by Gasteiger charge is -2.34. The molecule has 3 fully saturated rings. The second-order valence-electron chi connectivity index (χ2n) is 11.5. The second kappa shape index (κ2) is 11.9. The molecule has 0 radical (unpaired) electrons. The lowest BCUT2D eigenvalue weighted by molar-refractivity contribution is 0.0932. The molecule has 2 aliphatic heterocycles. The molecular weight excluding hydrogens is 535 g/mol. The normalized spacial score (nSPS) is 19.4. The van der Waals surface area contributed by atoms with Gasteiger partial charge in [-0.05, 0) is 74.5 Å². The van der Waals surface area contributed by atoms with Crippen LogP contribution in [0.3, 0.4) is 0 Å². The molecule has 0 spiro atoms. The molecule has 3 heterocycles. The number of rotatable bonds is 8. The third-order valence-electron chi connectivity index (χ3n) is 8.37. The van der Waals surface area contributed by atoms with Crippen molar-refractivity contribution in [2.24, 2.45) is 5.73 Å². The molecule has 0 bridgehead atoms. The maximum absolute atomic E-state index is 15.2. The van der Waals surface area contributed by atoms with Crippen LogP contribution in [0.25, 0.3) is 0 Å². The maximum Gasteiger partial charge on any atom is 0.271 e. The molecule has 1 atom stereocenters. The van der Waals surface area contributed by atoms with E-state index in [1.165, 1.54) is 30.7 Å². The molecule has 2 aromatic carbocycles. The summed E-state index contributed by atoms with van der Waals surface area (Å²) in [5.41, 5.74) is 8.44. The Morgan fingerprint density at radius 2 is 1.74 bits per heavy atom. The molecule has 2 saturated heterocycles. The zero-order valence-electron chi connectivity index (χ0n) is 23.9. The van der Waals surface area contributed by atoms with Crippen molar-refractivity contribution in [3.63, 3.8) is 0 Å². The van der Waals surface area contributed by atoms with Crippen LogP contribution in [-0.4, -0.2) is 79.0 Å². The number of carbonyl (C=O) groups is 2. The van der Waals surface area contributed by atoms with Crippen LogP contribution < -0.4 is 26.2 Å². The predicted octanol–water partition coefficient (Wildman–Crippen LogP) is 3.49. The molecule has 1 saturated carbocycles. The number of primary amides is 1. The fourth-order valence-electron chi connectivity index (χ4n) is 5.69. The van der Waals surface area contributed by atoms with Crippen molar-refractivity contribution < 1.29 is 14.0 Å². The van der Waals surface area contributed by atoms with Crippen LogP contribution in [0.2, 0.25) is 0 Å². The number of amides is 2. The van der Waals surface area contributed by atoms with Gasteiger partial charge >= 0.3 is 0 Å². The number of piperidine rings is 1. The quantitative estimate of drug-likeness (QED) is 0.375. The van der Waals surface area contributed by atoms with E-state index in [0.717, 1.165) is 44.7 Å². The van der Waals surface area contributed by atoms with Crippen molar-refractivity contribution in [3.8, 4) is 0 Å². The van der Waals surface area contributed by atoms with Gasteiger partial charge in [-0.2, -0.15) is 0 Å². The van der Waals surface area contributed by atoms with Crippen LogP contribution in [0.5, 0.6) is 0 Å². The lowest BCUT2D eigenvalue weighted by Crippen LogP contribution is -2.48. The minimum atomic E-state index is -0.762. The van der Waals surface area contributed by atoms with Gasteiger partial charge in [-0.3, -0.25) is 9.59 Å². The van der Waals surface area contributed by atoms with Crippen LogP contribution in [-0.2, 0) is 0 Å². The molecule has 11 heteroatoms. The number of benzene rings is 2. The molecule has 2 amide bonds. The van der Waals surface area contributed by atoms with E-state index in [1.54, 1.807) is 6.07 Å².